The Labute approximate surface area is 86.4 Å². The molecular formula is C8H13N5O2. The van der Waals surface area contributed by atoms with Gasteiger partial charge in [0.1, 0.15) is 6.04 Å². The Morgan fingerprint density at radius 3 is 3.00 bits per heavy atom. The number of likely N-dealkylation sites (tertiary alicyclic amines) is 1. The maximum Gasteiger partial charge on any atom is 0.249 e. The zero-order valence-corrected chi connectivity index (χ0v) is 8.34. The van der Waals surface area contributed by atoms with Crippen LogP contribution in [-0.2, 0) is 0 Å². The van der Waals surface area contributed by atoms with Crippen molar-refractivity contribution in [1.29, 1.82) is 5.41 Å². The van der Waals surface area contributed by atoms with Crippen LogP contribution in [0.3, 0.4) is 0 Å². The molecule has 0 saturated carbocycles. The smallest absolute Gasteiger partial charge is 0.249 e. The topological polar surface area (TPSA) is 112 Å². The lowest BCUT2D eigenvalue weighted by atomic mass is 10.2. The van der Waals surface area contributed by atoms with Gasteiger partial charge in [0.05, 0.1) is 6.10 Å². The van der Waals surface area contributed by atoms with Crippen molar-refractivity contribution >= 4 is 5.96 Å². The summed E-state index contributed by atoms with van der Waals surface area (Å²) in [6.45, 7) is 2.05. The van der Waals surface area contributed by atoms with Gasteiger partial charge in [0.2, 0.25) is 5.89 Å². The minimum Gasteiger partial charge on any atom is -0.391 e. The van der Waals surface area contributed by atoms with E-state index in [0.29, 0.717) is 24.7 Å². The second kappa shape index (κ2) is 3.50. The molecule has 15 heavy (non-hydrogen) atoms. The second-order valence-electron chi connectivity index (χ2n) is 3.62. The first-order valence-corrected chi connectivity index (χ1v) is 4.67. The summed E-state index contributed by atoms with van der Waals surface area (Å²) in [5, 5.41) is 20.5. The van der Waals surface area contributed by atoms with Crippen LogP contribution in [0.1, 0.15) is 24.2 Å². The van der Waals surface area contributed by atoms with Crippen LogP contribution in [0.15, 0.2) is 4.52 Å². The first kappa shape index (κ1) is 9.91. The normalized spacial score (nSPS) is 25.9. The van der Waals surface area contributed by atoms with Crippen molar-refractivity contribution in [3.8, 4) is 0 Å². The lowest BCUT2D eigenvalue weighted by molar-refractivity contribution is 0.187. The third kappa shape index (κ3) is 1.78. The Morgan fingerprint density at radius 2 is 2.47 bits per heavy atom. The van der Waals surface area contributed by atoms with E-state index in [9.17, 15) is 5.11 Å². The van der Waals surface area contributed by atoms with Crippen LogP contribution in [0, 0.1) is 12.3 Å². The molecule has 4 N–H and O–H groups in total. The molecule has 0 amide bonds. The summed E-state index contributed by atoms with van der Waals surface area (Å²) in [4.78, 5) is 5.63. The second-order valence-corrected chi connectivity index (χ2v) is 3.62. The number of guanidine groups is 1. The highest BCUT2D eigenvalue weighted by molar-refractivity contribution is 5.75. The zero-order chi connectivity index (χ0) is 11.0. The fourth-order valence-electron chi connectivity index (χ4n) is 1.76. The molecule has 0 aromatic carbocycles. The van der Waals surface area contributed by atoms with Crippen LogP contribution in [0.25, 0.3) is 0 Å². The minimum absolute atomic E-state index is 0.0904. The van der Waals surface area contributed by atoms with E-state index in [1.807, 2.05) is 0 Å². The molecule has 7 heteroatoms. The quantitative estimate of drug-likeness (QED) is 0.421. The average Bonchev–Trinajstić information content (AvgIpc) is 2.71. The van der Waals surface area contributed by atoms with E-state index in [1.54, 1.807) is 11.8 Å². The lowest BCUT2D eigenvalue weighted by Crippen LogP contribution is -2.36. The third-order valence-electron chi connectivity index (χ3n) is 2.42. The van der Waals surface area contributed by atoms with Crippen LogP contribution in [0.4, 0.5) is 0 Å². The van der Waals surface area contributed by atoms with Crippen molar-refractivity contribution in [3.63, 3.8) is 0 Å². The summed E-state index contributed by atoms with van der Waals surface area (Å²) in [5.74, 6) is 0.849. The monoisotopic (exact) mass is 211 g/mol. The van der Waals surface area contributed by atoms with Crippen molar-refractivity contribution in [2.45, 2.75) is 25.5 Å². The maximum absolute atomic E-state index is 9.50. The number of aliphatic hydroxyl groups excluding tert-OH is 1. The van der Waals surface area contributed by atoms with Gasteiger partial charge in [-0.3, -0.25) is 5.41 Å². The van der Waals surface area contributed by atoms with Gasteiger partial charge in [0.25, 0.3) is 0 Å². The number of β-amino-alcohol motifs (C(OH)–C–C–N with tert-alkyl or cyclic N) is 1. The minimum atomic E-state index is -0.508. The molecule has 1 saturated heterocycles. The number of hydrogen-bond acceptors (Lipinski definition) is 5. The fraction of sp³-hybridized carbons (Fsp3) is 0.625. The summed E-state index contributed by atoms with van der Waals surface area (Å²) in [6, 6.07) is -0.279. The SMILES string of the molecule is Cc1noc([C@@H]2C[C@@H](O)CN2C(=N)N)n1. The van der Waals surface area contributed by atoms with E-state index >= 15 is 0 Å². The number of aliphatic hydroxyl groups is 1. The van der Waals surface area contributed by atoms with Gasteiger partial charge in [-0.1, -0.05) is 5.16 Å². The molecule has 7 nitrogen and oxygen atoms in total. The van der Waals surface area contributed by atoms with Crippen LogP contribution >= 0.6 is 0 Å². The molecule has 1 fully saturated rings. The Hall–Kier alpha value is -1.63. The Morgan fingerprint density at radius 1 is 1.73 bits per heavy atom. The van der Waals surface area contributed by atoms with Crippen molar-refractivity contribution in [2.24, 2.45) is 5.73 Å². The Balaban J connectivity index is 2.24. The molecule has 0 unspecified atom stereocenters. The summed E-state index contributed by atoms with van der Waals surface area (Å²) in [7, 11) is 0. The van der Waals surface area contributed by atoms with Crippen LogP contribution < -0.4 is 5.73 Å². The van der Waals surface area contributed by atoms with Gasteiger partial charge in [-0.25, -0.2) is 0 Å². The van der Waals surface area contributed by atoms with Crippen LogP contribution in [0.2, 0.25) is 0 Å². The number of hydrogen-bond donors (Lipinski definition) is 3. The van der Waals surface area contributed by atoms with Gasteiger partial charge >= 0.3 is 0 Å². The largest absolute Gasteiger partial charge is 0.391 e. The summed E-state index contributed by atoms with van der Waals surface area (Å²) in [5.41, 5.74) is 5.40. The van der Waals surface area contributed by atoms with E-state index in [4.69, 9.17) is 15.7 Å². The maximum atomic E-state index is 9.50. The molecule has 0 aliphatic carbocycles. The molecule has 1 aliphatic rings. The Bertz CT molecular complexity index is 377. The van der Waals surface area contributed by atoms with Gasteiger partial charge < -0.3 is 20.3 Å². The lowest BCUT2D eigenvalue weighted by Gasteiger charge is -2.20. The van der Waals surface area contributed by atoms with Gasteiger partial charge in [-0.05, 0) is 6.92 Å². The number of nitrogens with two attached hydrogens (primary N) is 1. The van der Waals surface area contributed by atoms with Crippen molar-refractivity contribution in [3.05, 3.63) is 11.7 Å². The number of aryl methyl sites for hydroxylation is 1. The molecule has 0 bridgehead atoms. The predicted octanol–water partition coefficient (Wildman–Crippen LogP) is -0.621. The van der Waals surface area contributed by atoms with E-state index in [2.05, 4.69) is 10.1 Å². The van der Waals surface area contributed by atoms with Gasteiger partial charge in [0.15, 0.2) is 11.8 Å². The number of nitrogens with zero attached hydrogens (tertiary/aromatic N) is 3. The molecule has 82 valence electrons. The molecule has 2 rings (SSSR count). The molecule has 1 aromatic rings. The summed E-state index contributed by atoms with van der Waals surface area (Å²) in [6.07, 6.45) is -0.0487. The molecular weight excluding hydrogens is 198 g/mol. The summed E-state index contributed by atoms with van der Waals surface area (Å²) < 4.78 is 5.01. The third-order valence-corrected chi connectivity index (χ3v) is 2.42. The molecule has 1 aliphatic heterocycles. The number of nitrogens with one attached hydrogen (secondary N) is 1. The highest BCUT2D eigenvalue weighted by atomic mass is 16.5. The van der Waals surface area contributed by atoms with Gasteiger partial charge in [0, 0.05) is 13.0 Å². The van der Waals surface area contributed by atoms with Gasteiger partial charge in [-0.15, -0.1) is 0 Å². The summed E-state index contributed by atoms with van der Waals surface area (Å²) >= 11 is 0. The molecule has 1 aromatic heterocycles. The van der Waals surface area contributed by atoms with E-state index in [-0.39, 0.29) is 12.0 Å². The first-order chi connectivity index (χ1) is 7.08. The average molecular weight is 211 g/mol. The van der Waals surface area contributed by atoms with E-state index in [0.717, 1.165) is 0 Å². The van der Waals surface area contributed by atoms with Crippen molar-refractivity contribution in [2.75, 3.05) is 6.54 Å². The number of rotatable bonds is 1. The highest BCUT2D eigenvalue weighted by Crippen LogP contribution is 2.30. The van der Waals surface area contributed by atoms with Crippen molar-refractivity contribution < 1.29 is 9.63 Å². The molecule has 2 atom stereocenters. The van der Waals surface area contributed by atoms with E-state index < -0.39 is 6.10 Å². The highest BCUT2D eigenvalue weighted by Gasteiger charge is 2.36. The van der Waals surface area contributed by atoms with E-state index in [1.165, 1.54) is 0 Å². The van der Waals surface area contributed by atoms with Crippen LogP contribution in [-0.4, -0.2) is 38.8 Å². The molecule has 0 radical (unpaired) electrons. The Kier molecular flexibility index (Phi) is 2.31. The standard InChI is InChI=1S/C8H13N5O2/c1-4-11-7(15-12-4)6-2-5(14)3-13(6)8(9)10/h5-6,14H,2-3H2,1H3,(H3,9,10)/t5-,6+/m1/s1. The number of aromatic nitrogens is 2. The van der Waals surface area contributed by atoms with Crippen molar-refractivity contribution in [1.82, 2.24) is 15.0 Å². The van der Waals surface area contributed by atoms with Gasteiger partial charge in [-0.2, -0.15) is 4.98 Å². The first-order valence-electron chi connectivity index (χ1n) is 4.67. The predicted molar refractivity (Wildman–Crippen MR) is 51.0 cm³/mol. The molecule has 2 heterocycles. The zero-order valence-electron chi connectivity index (χ0n) is 8.34. The van der Waals surface area contributed by atoms with Crippen LogP contribution in [0.5, 0.6) is 0 Å². The fourth-order valence-corrected chi connectivity index (χ4v) is 1.76. The molecule has 0 spiro atoms.